The molecule has 1 spiro atoms. The molecule has 1 aliphatic heterocycles. The van der Waals surface area contributed by atoms with Crippen molar-refractivity contribution in [1.82, 2.24) is 20.1 Å². The van der Waals surface area contributed by atoms with Gasteiger partial charge in [0.25, 0.3) is 5.91 Å². The van der Waals surface area contributed by atoms with Crippen molar-refractivity contribution in [2.24, 2.45) is 0 Å². The van der Waals surface area contributed by atoms with Crippen LogP contribution in [0.3, 0.4) is 0 Å². The SMILES string of the molecule is CN(Cc1nc2ccccc2s1)C(=O)CN1C(=O)NC2(CCCC2)C1=O. The average molecular weight is 372 g/mol. The fourth-order valence-electron chi connectivity index (χ4n) is 3.67. The zero-order valence-corrected chi connectivity index (χ0v) is 15.3. The van der Waals surface area contributed by atoms with Gasteiger partial charge in [0.2, 0.25) is 5.91 Å². The molecule has 0 unspecified atom stereocenters. The van der Waals surface area contributed by atoms with Crippen molar-refractivity contribution in [2.45, 2.75) is 37.8 Å². The predicted molar refractivity (Wildman–Crippen MR) is 97.5 cm³/mol. The molecule has 0 bridgehead atoms. The molecule has 8 heteroatoms. The molecule has 136 valence electrons. The van der Waals surface area contributed by atoms with Crippen LogP contribution in [-0.2, 0) is 16.1 Å². The first-order chi connectivity index (χ1) is 12.5. The number of amides is 4. The molecule has 0 radical (unpaired) electrons. The molecule has 4 amide bonds. The minimum atomic E-state index is -0.775. The highest BCUT2D eigenvalue weighted by molar-refractivity contribution is 7.18. The van der Waals surface area contributed by atoms with E-state index in [0.717, 1.165) is 33.0 Å². The lowest BCUT2D eigenvalue weighted by Crippen LogP contribution is -2.45. The van der Waals surface area contributed by atoms with E-state index in [1.165, 1.54) is 16.2 Å². The van der Waals surface area contributed by atoms with Crippen molar-refractivity contribution >= 4 is 39.4 Å². The Labute approximate surface area is 155 Å². The second-order valence-electron chi connectivity index (χ2n) is 6.94. The maximum absolute atomic E-state index is 12.6. The summed E-state index contributed by atoms with van der Waals surface area (Å²) in [5.74, 6) is -0.537. The molecule has 2 heterocycles. The zero-order chi connectivity index (χ0) is 18.3. The molecular weight excluding hydrogens is 352 g/mol. The Bertz CT molecular complexity index is 854. The molecule has 2 fully saturated rings. The normalized spacial score (nSPS) is 18.7. The Kier molecular flexibility index (Phi) is 4.14. The van der Waals surface area contributed by atoms with Gasteiger partial charge in [-0.1, -0.05) is 25.0 Å². The van der Waals surface area contributed by atoms with E-state index >= 15 is 0 Å². The number of rotatable bonds is 4. The molecule has 2 aromatic rings. The van der Waals surface area contributed by atoms with Crippen LogP contribution in [-0.4, -0.2) is 51.8 Å². The number of carbonyl (C=O) groups is 3. The van der Waals surface area contributed by atoms with Gasteiger partial charge in [0, 0.05) is 7.05 Å². The van der Waals surface area contributed by atoms with E-state index in [1.54, 1.807) is 7.05 Å². The number of aromatic nitrogens is 1. The fraction of sp³-hybridized carbons (Fsp3) is 0.444. The van der Waals surface area contributed by atoms with Crippen molar-refractivity contribution in [3.8, 4) is 0 Å². The van der Waals surface area contributed by atoms with Crippen molar-refractivity contribution in [2.75, 3.05) is 13.6 Å². The Morgan fingerprint density at radius 1 is 1.31 bits per heavy atom. The van der Waals surface area contributed by atoms with E-state index in [0.29, 0.717) is 19.4 Å². The number of hydrogen-bond donors (Lipinski definition) is 1. The van der Waals surface area contributed by atoms with Gasteiger partial charge in [-0.25, -0.2) is 9.78 Å². The average Bonchev–Trinajstić information content (AvgIpc) is 3.30. The number of likely N-dealkylation sites (N-methyl/N-ethyl adjacent to an activating group) is 1. The van der Waals surface area contributed by atoms with Crippen LogP contribution in [0.4, 0.5) is 4.79 Å². The van der Waals surface area contributed by atoms with Gasteiger partial charge in [0.05, 0.1) is 16.8 Å². The van der Waals surface area contributed by atoms with Gasteiger partial charge in [0.15, 0.2) is 0 Å². The van der Waals surface area contributed by atoms with Crippen molar-refractivity contribution in [3.63, 3.8) is 0 Å². The predicted octanol–water partition coefficient (Wildman–Crippen LogP) is 2.12. The first-order valence-corrected chi connectivity index (χ1v) is 9.53. The van der Waals surface area contributed by atoms with Crippen molar-refractivity contribution in [3.05, 3.63) is 29.3 Å². The van der Waals surface area contributed by atoms with Gasteiger partial charge < -0.3 is 10.2 Å². The van der Waals surface area contributed by atoms with Gasteiger partial charge in [0.1, 0.15) is 17.1 Å². The summed E-state index contributed by atoms with van der Waals surface area (Å²) in [7, 11) is 1.66. The second kappa shape index (κ2) is 6.35. The van der Waals surface area contributed by atoms with Crippen LogP contribution in [0.1, 0.15) is 30.7 Å². The van der Waals surface area contributed by atoms with E-state index in [-0.39, 0.29) is 18.4 Å². The topological polar surface area (TPSA) is 82.6 Å². The van der Waals surface area contributed by atoms with Gasteiger partial charge in [-0.05, 0) is 25.0 Å². The summed E-state index contributed by atoms with van der Waals surface area (Å²) < 4.78 is 1.07. The largest absolute Gasteiger partial charge is 0.337 e. The summed E-state index contributed by atoms with van der Waals surface area (Å²) in [5.41, 5.74) is 0.133. The number of fused-ring (bicyclic) bond motifs is 1. The van der Waals surface area contributed by atoms with E-state index < -0.39 is 11.6 Å². The summed E-state index contributed by atoms with van der Waals surface area (Å²) in [6, 6.07) is 7.35. The van der Waals surface area contributed by atoms with Gasteiger partial charge in [-0.15, -0.1) is 11.3 Å². The molecule has 1 N–H and O–H groups in total. The summed E-state index contributed by atoms with van der Waals surface area (Å²) in [5, 5.41) is 3.62. The number of para-hydroxylation sites is 1. The van der Waals surface area contributed by atoms with Crippen molar-refractivity contribution < 1.29 is 14.4 Å². The molecule has 2 aliphatic rings. The van der Waals surface area contributed by atoms with E-state index in [4.69, 9.17) is 0 Å². The standard InChI is InChI=1S/C18H20N4O3S/c1-21(10-14-19-12-6-2-3-7-13(12)26-14)15(23)11-22-16(24)18(20-17(22)25)8-4-5-9-18/h2-3,6-7H,4-5,8-11H2,1H3,(H,20,25). The smallest absolute Gasteiger partial charge is 0.325 e. The molecule has 1 aliphatic carbocycles. The monoisotopic (exact) mass is 372 g/mol. The molecule has 1 aromatic carbocycles. The Hall–Kier alpha value is -2.48. The Morgan fingerprint density at radius 3 is 2.77 bits per heavy atom. The number of hydrogen-bond acceptors (Lipinski definition) is 5. The minimum absolute atomic E-state index is 0.228. The quantitative estimate of drug-likeness (QED) is 0.834. The fourth-order valence-corrected chi connectivity index (χ4v) is 4.69. The van der Waals surface area contributed by atoms with Gasteiger partial charge >= 0.3 is 6.03 Å². The summed E-state index contributed by atoms with van der Waals surface area (Å²) in [6.07, 6.45) is 3.16. The highest BCUT2D eigenvalue weighted by atomic mass is 32.1. The lowest BCUT2D eigenvalue weighted by molar-refractivity contribution is -0.138. The number of benzene rings is 1. The van der Waals surface area contributed by atoms with Crippen LogP contribution in [0.2, 0.25) is 0 Å². The van der Waals surface area contributed by atoms with E-state index in [2.05, 4.69) is 10.3 Å². The molecule has 1 saturated carbocycles. The number of thiazole rings is 1. The highest BCUT2D eigenvalue weighted by Gasteiger charge is 2.52. The molecule has 1 aromatic heterocycles. The maximum Gasteiger partial charge on any atom is 0.325 e. The van der Waals surface area contributed by atoms with Crippen molar-refractivity contribution in [1.29, 1.82) is 0 Å². The first-order valence-electron chi connectivity index (χ1n) is 8.71. The van der Waals surface area contributed by atoms with Crippen LogP contribution in [0, 0.1) is 0 Å². The molecule has 0 atom stereocenters. The van der Waals surface area contributed by atoms with Crippen LogP contribution in [0.25, 0.3) is 10.2 Å². The van der Waals surface area contributed by atoms with E-state index in [1.807, 2.05) is 24.3 Å². The number of urea groups is 1. The lowest BCUT2D eigenvalue weighted by Gasteiger charge is -2.21. The third-order valence-corrected chi connectivity index (χ3v) is 6.15. The molecule has 7 nitrogen and oxygen atoms in total. The third-order valence-electron chi connectivity index (χ3n) is 5.13. The van der Waals surface area contributed by atoms with Crippen LogP contribution in [0.15, 0.2) is 24.3 Å². The Morgan fingerprint density at radius 2 is 2.04 bits per heavy atom. The number of carbonyl (C=O) groups excluding carboxylic acids is 3. The molecule has 1 saturated heterocycles. The Balaban J connectivity index is 1.42. The minimum Gasteiger partial charge on any atom is -0.337 e. The summed E-state index contributed by atoms with van der Waals surface area (Å²) >= 11 is 1.54. The molecule has 4 rings (SSSR count). The van der Waals surface area contributed by atoms with E-state index in [9.17, 15) is 14.4 Å². The van der Waals surface area contributed by atoms with Crippen LogP contribution in [0.5, 0.6) is 0 Å². The number of imide groups is 1. The molecular formula is C18H20N4O3S. The highest BCUT2D eigenvalue weighted by Crippen LogP contribution is 2.35. The lowest BCUT2D eigenvalue weighted by atomic mass is 9.98. The molecule has 26 heavy (non-hydrogen) atoms. The number of nitrogens with one attached hydrogen (secondary N) is 1. The van der Waals surface area contributed by atoms with Crippen LogP contribution >= 0.6 is 11.3 Å². The third kappa shape index (κ3) is 2.84. The summed E-state index contributed by atoms with van der Waals surface area (Å²) in [4.78, 5) is 44.5. The maximum atomic E-state index is 12.6. The number of nitrogens with zero attached hydrogens (tertiary/aromatic N) is 3. The summed E-state index contributed by atoms with van der Waals surface area (Å²) in [6.45, 7) is 0.126. The van der Waals surface area contributed by atoms with Gasteiger partial charge in [-0.3, -0.25) is 14.5 Å². The van der Waals surface area contributed by atoms with Gasteiger partial charge in [-0.2, -0.15) is 0 Å². The second-order valence-corrected chi connectivity index (χ2v) is 8.05. The van der Waals surface area contributed by atoms with Crippen LogP contribution < -0.4 is 5.32 Å². The first kappa shape index (κ1) is 17.0. The zero-order valence-electron chi connectivity index (χ0n) is 14.5.